The van der Waals surface area contributed by atoms with Crippen molar-refractivity contribution in [2.75, 3.05) is 39.8 Å². The van der Waals surface area contributed by atoms with E-state index in [2.05, 4.69) is 30.7 Å². The van der Waals surface area contributed by atoms with Crippen molar-refractivity contribution in [2.24, 2.45) is 0 Å². The molecule has 1 saturated heterocycles. The van der Waals surface area contributed by atoms with E-state index >= 15 is 0 Å². The number of amides is 1. The minimum absolute atomic E-state index is 0. The van der Waals surface area contributed by atoms with Gasteiger partial charge < -0.3 is 14.7 Å². The minimum Gasteiger partial charge on any atom is -0.339 e. The average Bonchev–Trinajstić information content (AvgIpc) is 3.30. The average molecular weight is 399 g/mol. The summed E-state index contributed by atoms with van der Waals surface area (Å²) in [6.45, 7) is 9.93. The molecule has 2 aromatic heterocycles. The van der Waals surface area contributed by atoms with Crippen LogP contribution in [0.3, 0.4) is 0 Å². The summed E-state index contributed by atoms with van der Waals surface area (Å²) in [7, 11) is 1.69. The fourth-order valence-corrected chi connectivity index (χ4v) is 2.73. The number of hydrogen-bond acceptors (Lipinski definition) is 8. The second kappa shape index (κ2) is 9.77. The highest BCUT2D eigenvalue weighted by Crippen LogP contribution is 2.12. The van der Waals surface area contributed by atoms with Gasteiger partial charge in [-0.05, 0) is 0 Å². The van der Waals surface area contributed by atoms with Gasteiger partial charge in [0.15, 0.2) is 11.5 Å². The van der Waals surface area contributed by atoms with Crippen molar-refractivity contribution in [1.82, 2.24) is 40.3 Å². The zero-order chi connectivity index (χ0) is 18.5. The molecule has 1 fully saturated rings. The van der Waals surface area contributed by atoms with E-state index in [0.717, 1.165) is 32.7 Å². The molecule has 11 heteroatoms. The van der Waals surface area contributed by atoms with E-state index < -0.39 is 0 Å². The van der Waals surface area contributed by atoms with Crippen LogP contribution < -0.4 is 5.32 Å². The highest BCUT2D eigenvalue weighted by molar-refractivity contribution is 5.91. The second-order valence-electron chi connectivity index (χ2n) is 6.82. The van der Waals surface area contributed by atoms with Crippen LogP contribution in [0.2, 0.25) is 0 Å². The molecule has 1 N–H and O–H groups in total. The summed E-state index contributed by atoms with van der Waals surface area (Å²) in [4.78, 5) is 20.7. The minimum atomic E-state index is -0.214. The van der Waals surface area contributed by atoms with Gasteiger partial charge in [0.2, 0.25) is 5.89 Å². The highest BCUT2D eigenvalue weighted by atomic mass is 35.5. The first kappa shape index (κ1) is 21.3. The van der Waals surface area contributed by atoms with E-state index in [1.54, 1.807) is 17.9 Å². The van der Waals surface area contributed by atoms with Crippen LogP contribution in [0.4, 0.5) is 0 Å². The van der Waals surface area contributed by atoms with E-state index in [4.69, 9.17) is 4.52 Å². The topological polar surface area (TPSA) is 105 Å². The Bertz CT molecular complexity index is 726. The molecule has 1 amide bonds. The van der Waals surface area contributed by atoms with Gasteiger partial charge in [-0.2, -0.15) is 4.98 Å². The highest BCUT2D eigenvalue weighted by Gasteiger charge is 2.19. The molecule has 1 aliphatic heterocycles. The number of piperazine rings is 1. The third-order valence-corrected chi connectivity index (χ3v) is 4.32. The van der Waals surface area contributed by atoms with Crippen molar-refractivity contribution in [2.45, 2.75) is 32.9 Å². The first-order valence-electron chi connectivity index (χ1n) is 8.94. The number of nitrogens with one attached hydrogen (secondary N) is 1. The molecule has 0 aliphatic carbocycles. The van der Waals surface area contributed by atoms with Crippen molar-refractivity contribution < 1.29 is 9.32 Å². The van der Waals surface area contributed by atoms with Crippen molar-refractivity contribution in [3.05, 3.63) is 23.6 Å². The number of hydrogen-bond donors (Lipinski definition) is 1. The molecule has 0 bridgehead atoms. The maximum atomic E-state index is 12.5. The van der Waals surface area contributed by atoms with E-state index in [1.807, 2.05) is 13.8 Å². The molecule has 0 radical (unpaired) electrons. The Labute approximate surface area is 164 Å². The largest absolute Gasteiger partial charge is 0.339 e. The fourth-order valence-electron chi connectivity index (χ4n) is 2.73. The quantitative estimate of drug-likeness (QED) is 0.713. The lowest BCUT2D eigenvalue weighted by atomic mass is 10.2. The number of rotatable bonds is 7. The lowest BCUT2D eigenvalue weighted by Gasteiger charge is -2.26. The van der Waals surface area contributed by atoms with E-state index in [-0.39, 0.29) is 30.8 Å². The molecule has 2 aromatic rings. The van der Waals surface area contributed by atoms with Gasteiger partial charge in [-0.1, -0.05) is 24.2 Å². The van der Waals surface area contributed by atoms with Crippen LogP contribution in [0, 0.1) is 0 Å². The van der Waals surface area contributed by atoms with E-state index in [0.29, 0.717) is 24.0 Å². The fraction of sp³-hybridized carbons (Fsp3) is 0.688. The number of carbonyl (C=O) groups is 1. The summed E-state index contributed by atoms with van der Waals surface area (Å²) in [6, 6.07) is 0. The summed E-state index contributed by atoms with van der Waals surface area (Å²) >= 11 is 0. The van der Waals surface area contributed by atoms with Crippen molar-refractivity contribution in [3.63, 3.8) is 0 Å². The van der Waals surface area contributed by atoms with Crippen LogP contribution in [0.15, 0.2) is 10.7 Å². The molecule has 0 atom stereocenters. The molecule has 0 spiro atoms. The predicted molar refractivity (Wildman–Crippen MR) is 101 cm³/mol. The molecule has 1 aliphatic rings. The molecule has 3 rings (SSSR count). The normalized spacial score (nSPS) is 15.0. The van der Waals surface area contributed by atoms with Gasteiger partial charge in [-0.25, -0.2) is 0 Å². The molecule has 10 nitrogen and oxygen atoms in total. The molecule has 0 saturated carbocycles. The predicted octanol–water partition coefficient (Wildman–Crippen LogP) is 0.384. The third kappa shape index (κ3) is 5.72. The van der Waals surface area contributed by atoms with Gasteiger partial charge in [-0.15, -0.1) is 17.5 Å². The van der Waals surface area contributed by atoms with Crippen LogP contribution >= 0.6 is 12.4 Å². The van der Waals surface area contributed by atoms with Crippen molar-refractivity contribution in [3.8, 4) is 0 Å². The van der Waals surface area contributed by atoms with Gasteiger partial charge in [0, 0.05) is 45.7 Å². The summed E-state index contributed by atoms with van der Waals surface area (Å²) < 4.78 is 6.88. The van der Waals surface area contributed by atoms with E-state index in [9.17, 15) is 4.79 Å². The molecular weight excluding hydrogens is 372 g/mol. The number of nitrogens with zero attached hydrogens (tertiary/aromatic N) is 7. The molecule has 27 heavy (non-hydrogen) atoms. The maximum Gasteiger partial charge on any atom is 0.276 e. The van der Waals surface area contributed by atoms with Crippen LogP contribution in [0.1, 0.15) is 42.0 Å². The summed E-state index contributed by atoms with van der Waals surface area (Å²) in [5.74, 6) is 0.998. The number of halogens is 1. The Hall–Kier alpha value is -2.04. The second-order valence-corrected chi connectivity index (χ2v) is 6.82. The Morgan fingerprint density at radius 3 is 2.74 bits per heavy atom. The number of carbonyl (C=O) groups excluding carboxylic acids is 1. The number of aromatic nitrogens is 5. The smallest absolute Gasteiger partial charge is 0.276 e. The maximum absolute atomic E-state index is 12.5. The van der Waals surface area contributed by atoms with Crippen molar-refractivity contribution in [1.29, 1.82) is 0 Å². The summed E-state index contributed by atoms with van der Waals surface area (Å²) in [6.07, 6.45) is 1.69. The standard InChI is InChI=1S/C16H26N8O2.ClH/c1-12(2)15-18-14(20-26-15)11-22(3)16(25)13-10-24(21-19-13)9-8-23-6-4-17-5-7-23;/h10,12,17H,4-9,11H2,1-3H3;1H. The Kier molecular flexibility index (Phi) is 7.69. The van der Waals surface area contributed by atoms with Gasteiger partial charge in [0.05, 0.1) is 19.3 Å². The third-order valence-electron chi connectivity index (χ3n) is 4.32. The lowest BCUT2D eigenvalue weighted by Crippen LogP contribution is -2.44. The first-order valence-corrected chi connectivity index (χ1v) is 8.94. The van der Waals surface area contributed by atoms with Crippen LogP contribution in [0.25, 0.3) is 0 Å². The van der Waals surface area contributed by atoms with Crippen LogP contribution in [-0.4, -0.2) is 80.6 Å². The Balaban J connectivity index is 0.00000261. The van der Waals surface area contributed by atoms with E-state index in [1.165, 1.54) is 4.90 Å². The summed E-state index contributed by atoms with van der Waals surface area (Å²) in [5.41, 5.74) is 0.320. The zero-order valence-electron chi connectivity index (χ0n) is 16.0. The van der Waals surface area contributed by atoms with Crippen molar-refractivity contribution >= 4 is 18.3 Å². The monoisotopic (exact) mass is 398 g/mol. The molecule has 0 aromatic carbocycles. The van der Waals surface area contributed by atoms with Gasteiger partial charge in [0.25, 0.3) is 5.91 Å². The zero-order valence-corrected chi connectivity index (χ0v) is 16.8. The van der Waals surface area contributed by atoms with Crippen LogP contribution in [0.5, 0.6) is 0 Å². The van der Waals surface area contributed by atoms with Crippen LogP contribution in [-0.2, 0) is 13.1 Å². The lowest BCUT2D eigenvalue weighted by molar-refractivity contribution is 0.0774. The van der Waals surface area contributed by atoms with Gasteiger partial charge in [-0.3, -0.25) is 14.4 Å². The molecule has 3 heterocycles. The molecular formula is C16H27ClN8O2. The Morgan fingerprint density at radius 2 is 2.07 bits per heavy atom. The molecule has 0 unspecified atom stereocenters. The first-order chi connectivity index (χ1) is 12.5. The van der Waals surface area contributed by atoms with Gasteiger partial charge in [0.1, 0.15) is 0 Å². The Morgan fingerprint density at radius 1 is 1.33 bits per heavy atom. The van der Waals surface area contributed by atoms with Gasteiger partial charge >= 0.3 is 0 Å². The summed E-state index contributed by atoms with van der Waals surface area (Å²) in [5, 5.41) is 15.3. The SMILES string of the molecule is CC(C)c1nc(CN(C)C(=O)c2cn(CCN3CCNCC3)nn2)no1.Cl. The molecule has 150 valence electrons.